The van der Waals surface area contributed by atoms with E-state index in [2.05, 4.69) is 56.3 Å². The number of hydrogen-bond acceptors (Lipinski definition) is 0. The molecule has 17 heavy (non-hydrogen) atoms. The van der Waals surface area contributed by atoms with E-state index in [9.17, 15) is 0 Å². The van der Waals surface area contributed by atoms with Crippen LogP contribution in [0.1, 0.15) is 36.5 Å². The summed E-state index contributed by atoms with van der Waals surface area (Å²) in [6.07, 6.45) is 0.903. The molecule has 88 valence electrons. The summed E-state index contributed by atoms with van der Waals surface area (Å²) in [6, 6.07) is 16.8. The number of halogens is 1. The van der Waals surface area contributed by atoms with Crippen molar-refractivity contribution in [2.24, 2.45) is 0 Å². The van der Waals surface area contributed by atoms with E-state index in [-0.39, 0.29) is 0 Å². The molecule has 0 atom stereocenters. The van der Waals surface area contributed by atoms with Gasteiger partial charge in [-0.1, -0.05) is 74.0 Å². The van der Waals surface area contributed by atoms with Crippen molar-refractivity contribution in [3.8, 4) is 0 Å². The van der Waals surface area contributed by atoms with E-state index >= 15 is 0 Å². The Morgan fingerprint density at radius 1 is 0.941 bits per heavy atom. The molecule has 0 unspecified atom stereocenters. The lowest BCUT2D eigenvalue weighted by atomic mass is 9.97. The van der Waals surface area contributed by atoms with Gasteiger partial charge in [-0.2, -0.15) is 0 Å². The highest BCUT2D eigenvalue weighted by molar-refractivity contribution is 6.32. The zero-order valence-corrected chi connectivity index (χ0v) is 11.0. The molecule has 0 radical (unpaired) electrons. The monoisotopic (exact) mass is 244 g/mol. The second-order valence-electron chi connectivity index (χ2n) is 4.64. The molecule has 0 spiro atoms. The molecular formula is C16H17Cl. The van der Waals surface area contributed by atoms with Crippen LogP contribution in [0.5, 0.6) is 0 Å². The van der Waals surface area contributed by atoms with Crippen molar-refractivity contribution in [3.05, 3.63) is 70.2 Å². The van der Waals surface area contributed by atoms with Crippen molar-refractivity contribution in [2.45, 2.75) is 26.2 Å². The zero-order chi connectivity index (χ0) is 12.3. The van der Waals surface area contributed by atoms with E-state index in [0.717, 1.165) is 11.4 Å². The summed E-state index contributed by atoms with van der Waals surface area (Å²) < 4.78 is 0. The van der Waals surface area contributed by atoms with E-state index in [1.165, 1.54) is 16.7 Å². The fourth-order valence-corrected chi connectivity index (χ4v) is 2.41. The van der Waals surface area contributed by atoms with Crippen LogP contribution in [0.2, 0.25) is 5.02 Å². The highest BCUT2D eigenvalue weighted by Crippen LogP contribution is 2.28. The maximum absolute atomic E-state index is 6.45. The molecule has 1 heteroatoms. The van der Waals surface area contributed by atoms with E-state index in [1.807, 2.05) is 6.07 Å². The predicted molar refractivity (Wildman–Crippen MR) is 74.8 cm³/mol. The second kappa shape index (κ2) is 5.37. The average molecular weight is 245 g/mol. The predicted octanol–water partition coefficient (Wildman–Crippen LogP) is 5.05. The molecule has 2 rings (SSSR count). The zero-order valence-electron chi connectivity index (χ0n) is 10.3. The first-order valence-corrected chi connectivity index (χ1v) is 6.37. The Balaban J connectivity index is 2.31. The van der Waals surface area contributed by atoms with Crippen molar-refractivity contribution < 1.29 is 0 Å². The van der Waals surface area contributed by atoms with Crippen molar-refractivity contribution in [1.29, 1.82) is 0 Å². The van der Waals surface area contributed by atoms with Gasteiger partial charge in [0.15, 0.2) is 0 Å². The standard InChI is InChI=1S/C16H17Cl/c1-12(2)15-10-6-9-14(16(15)17)11-13-7-4-3-5-8-13/h3-10,12H,11H2,1-2H3. The highest BCUT2D eigenvalue weighted by Gasteiger charge is 2.09. The Kier molecular flexibility index (Phi) is 3.86. The van der Waals surface area contributed by atoms with Crippen LogP contribution in [-0.4, -0.2) is 0 Å². The van der Waals surface area contributed by atoms with Crippen molar-refractivity contribution in [3.63, 3.8) is 0 Å². The maximum atomic E-state index is 6.45. The molecular weight excluding hydrogens is 228 g/mol. The molecule has 0 fully saturated rings. The van der Waals surface area contributed by atoms with Crippen LogP contribution in [0.25, 0.3) is 0 Å². The summed E-state index contributed by atoms with van der Waals surface area (Å²) in [5, 5.41) is 0.923. The molecule has 0 saturated carbocycles. The van der Waals surface area contributed by atoms with Crippen molar-refractivity contribution >= 4 is 11.6 Å². The third-order valence-electron chi connectivity index (χ3n) is 2.97. The lowest BCUT2D eigenvalue weighted by Crippen LogP contribution is -1.95. The number of benzene rings is 2. The van der Waals surface area contributed by atoms with E-state index in [1.54, 1.807) is 0 Å². The third-order valence-corrected chi connectivity index (χ3v) is 3.43. The molecule has 2 aromatic carbocycles. The summed E-state index contributed by atoms with van der Waals surface area (Å²) in [5.41, 5.74) is 3.75. The average Bonchev–Trinajstić information content (AvgIpc) is 2.33. The molecule has 0 nitrogen and oxygen atoms in total. The first-order chi connectivity index (χ1) is 8.18. The van der Waals surface area contributed by atoms with Gasteiger partial charge in [0.2, 0.25) is 0 Å². The van der Waals surface area contributed by atoms with Gasteiger partial charge in [0.05, 0.1) is 0 Å². The van der Waals surface area contributed by atoms with E-state index < -0.39 is 0 Å². The topological polar surface area (TPSA) is 0 Å². The van der Waals surface area contributed by atoms with Gasteiger partial charge in [-0.15, -0.1) is 0 Å². The molecule has 0 aromatic heterocycles. The van der Waals surface area contributed by atoms with Gasteiger partial charge in [-0.3, -0.25) is 0 Å². The summed E-state index contributed by atoms with van der Waals surface area (Å²) in [5.74, 6) is 0.471. The van der Waals surface area contributed by atoms with Crippen LogP contribution < -0.4 is 0 Å². The Hall–Kier alpha value is -1.27. The Morgan fingerprint density at radius 3 is 2.29 bits per heavy atom. The lowest BCUT2D eigenvalue weighted by Gasteiger charge is -2.12. The van der Waals surface area contributed by atoms with Crippen LogP contribution in [0.3, 0.4) is 0 Å². The lowest BCUT2D eigenvalue weighted by molar-refractivity contribution is 0.863. The number of hydrogen-bond donors (Lipinski definition) is 0. The van der Waals surface area contributed by atoms with E-state index in [4.69, 9.17) is 11.6 Å². The summed E-state index contributed by atoms with van der Waals surface area (Å²) in [4.78, 5) is 0. The maximum Gasteiger partial charge on any atom is 0.0475 e. The molecule has 0 N–H and O–H groups in total. The van der Waals surface area contributed by atoms with Gasteiger partial charge in [0.1, 0.15) is 0 Å². The fourth-order valence-electron chi connectivity index (χ4n) is 2.00. The Bertz CT molecular complexity index is 486. The fraction of sp³-hybridized carbons (Fsp3) is 0.250. The van der Waals surface area contributed by atoms with Gasteiger partial charge in [0.25, 0.3) is 0 Å². The minimum absolute atomic E-state index is 0.471. The van der Waals surface area contributed by atoms with Crippen molar-refractivity contribution in [2.75, 3.05) is 0 Å². The summed E-state index contributed by atoms with van der Waals surface area (Å²) in [7, 11) is 0. The van der Waals surface area contributed by atoms with Crippen molar-refractivity contribution in [1.82, 2.24) is 0 Å². The normalized spacial score (nSPS) is 10.8. The minimum atomic E-state index is 0.471. The first kappa shape index (κ1) is 12.2. The molecule has 0 aliphatic rings. The second-order valence-corrected chi connectivity index (χ2v) is 5.02. The SMILES string of the molecule is CC(C)c1cccc(Cc2ccccc2)c1Cl. The van der Waals surface area contributed by atoms with E-state index in [0.29, 0.717) is 5.92 Å². The van der Waals surface area contributed by atoms with Crippen LogP contribution in [0.15, 0.2) is 48.5 Å². The molecule has 0 saturated heterocycles. The Labute approximate surface area is 108 Å². The largest absolute Gasteiger partial charge is 0.0837 e. The van der Waals surface area contributed by atoms with Gasteiger partial charge in [-0.05, 0) is 29.0 Å². The van der Waals surface area contributed by atoms with Gasteiger partial charge in [0, 0.05) is 5.02 Å². The van der Waals surface area contributed by atoms with Gasteiger partial charge < -0.3 is 0 Å². The van der Waals surface area contributed by atoms with Crippen LogP contribution in [0.4, 0.5) is 0 Å². The first-order valence-electron chi connectivity index (χ1n) is 5.99. The number of rotatable bonds is 3. The minimum Gasteiger partial charge on any atom is -0.0837 e. The highest BCUT2D eigenvalue weighted by atomic mass is 35.5. The van der Waals surface area contributed by atoms with Crippen LogP contribution in [-0.2, 0) is 6.42 Å². The quantitative estimate of drug-likeness (QED) is 0.709. The van der Waals surface area contributed by atoms with Gasteiger partial charge in [-0.25, -0.2) is 0 Å². The smallest absolute Gasteiger partial charge is 0.0475 e. The molecule has 0 aliphatic carbocycles. The summed E-state index contributed by atoms with van der Waals surface area (Å²) >= 11 is 6.45. The van der Waals surface area contributed by atoms with Gasteiger partial charge >= 0.3 is 0 Å². The molecule has 0 bridgehead atoms. The third kappa shape index (κ3) is 2.89. The summed E-state index contributed by atoms with van der Waals surface area (Å²) in [6.45, 7) is 4.35. The Morgan fingerprint density at radius 2 is 1.65 bits per heavy atom. The molecule has 0 aliphatic heterocycles. The molecule has 0 heterocycles. The molecule has 2 aromatic rings. The van der Waals surface area contributed by atoms with Crippen LogP contribution in [0, 0.1) is 0 Å². The van der Waals surface area contributed by atoms with Crippen LogP contribution >= 0.6 is 11.6 Å². The molecule has 0 amide bonds.